The van der Waals surface area contributed by atoms with E-state index in [-0.39, 0.29) is 18.3 Å². The molecular formula is C10H18N4O2S. The van der Waals surface area contributed by atoms with Crippen molar-refractivity contribution in [2.24, 2.45) is 0 Å². The summed E-state index contributed by atoms with van der Waals surface area (Å²) in [6, 6.07) is 0. The van der Waals surface area contributed by atoms with Crippen LogP contribution < -0.4 is 16.4 Å². The molecular weight excluding hydrogens is 240 g/mol. The summed E-state index contributed by atoms with van der Waals surface area (Å²) in [5.74, 6) is 0.0290. The summed E-state index contributed by atoms with van der Waals surface area (Å²) in [4.78, 5) is 11.6. The second-order valence-electron chi connectivity index (χ2n) is 3.56. The fourth-order valence-corrected chi connectivity index (χ4v) is 2.12. The van der Waals surface area contributed by atoms with Gasteiger partial charge >= 0.3 is 0 Å². The Morgan fingerprint density at radius 3 is 2.88 bits per heavy atom. The molecule has 0 saturated heterocycles. The van der Waals surface area contributed by atoms with E-state index < -0.39 is 0 Å². The number of rotatable bonds is 7. The maximum Gasteiger partial charge on any atom is 0.257 e. The van der Waals surface area contributed by atoms with Crippen molar-refractivity contribution >= 4 is 28.3 Å². The lowest BCUT2D eigenvalue weighted by molar-refractivity contribution is 0.0965. The third-order valence-electron chi connectivity index (χ3n) is 2.29. The van der Waals surface area contributed by atoms with Gasteiger partial charge in [0.25, 0.3) is 5.91 Å². The Morgan fingerprint density at radius 2 is 2.24 bits per heavy atom. The third-order valence-corrected chi connectivity index (χ3v) is 3.11. The van der Waals surface area contributed by atoms with Crippen molar-refractivity contribution < 1.29 is 9.90 Å². The van der Waals surface area contributed by atoms with Crippen molar-refractivity contribution in [1.82, 2.24) is 9.69 Å². The van der Waals surface area contributed by atoms with Crippen LogP contribution in [0.5, 0.6) is 0 Å². The first-order valence-corrected chi connectivity index (χ1v) is 6.30. The van der Waals surface area contributed by atoms with Crippen molar-refractivity contribution in [3.63, 3.8) is 0 Å². The van der Waals surface area contributed by atoms with Gasteiger partial charge in [-0.05, 0) is 30.8 Å². The Hall–Kier alpha value is -1.34. The van der Waals surface area contributed by atoms with E-state index in [1.165, 1.54) is 11.5 Å². The minimum absolute atomic E-state index is 0.219. The smallest absolute Gasteiger partial charge is 0.257 e. The Kier molecular flexibility index (Phi) is 5.71. The number of carbonyl (C=O) groups is 1. The van der Waals surface area contributed by atoms with Crippen LogP contribution in [0.4, 0.5) is 10.8 Å². The molecule has 17 heavy (non-hydrogen) atoms. The highest BCUT2D eigenvalue weighted by atomic mass is 32.1. The zero-order valence-electron chi connectivity index (χ0n) is 9.82. The molecule has 1 amide bonds. The van der Waals surface area contributed by atoms with E-state index >= 15 is 0 Å². The second kappa shape index (κ2) is 7.08. The standard InChI is InChI=1S/C10H18N4O2S/c1-12-9(16)7-8(11)14-17-10(7)13-5-3-2-4-6-15/h13,15H,2-6H2,1H3,(H2,11,14)(H,12,16). The third kappa shape index (κ3) is 3.86. The Balaban J connectivity index is 2.50. The number of amides is 1. The molecule has 5 N–H and O–H groups in total. The molecule has 0 fully saturated rings. The average molecular weight is 258 g/mol. The fourth-order valence-electron chi connectivity index (χ4n) is 1.38. The largest absolute Gasteiger partial charge is 0.396 e. The van der Waals surface area contributed by atoms with Gasteiger partial charge < -0.3 is 21.5 Å². The molecule has 1 aromatic heterocycles. The molecule has 0 aliphatic carbocycles. The van der Waals surface area contributed by atoms with Gasteiger partial charge in [-0.1, -0.05) is 0 Å². The lowest BCUT2D eigenvalue weighted by Gasteiger charge is -2.05. The monoisotopic (exact) mass is 258 g/mol. The van der Waals surface area contributed by atoms with Crippen LogP contribution >= 0.6 is 11.5 Å². The summed E-state index contributed by atoms with van der Waals surface area (Å²) in [6.45, 7) is 0.961. The summed E-state index contributed by atoms with van der Waals surface area (Å²) in [5.41, 5.74) is 6.05. The number of nitrogen functional groups attached to an aromatic ring is 1. The SMILES string of the molecule is CNC(=O)c1c(N)nsc1NCCCCCO. The van der Waals surface area contributed by atoms with Crippen LogP contribution in [0, 0.1) is 0 Å². The van der Waals surface area contributed by atoms with E-state index in [1.54, 1.807) is 7.05 Å². The van der Waals surface area contributed by atoms with E-state index in [4.69, 9.17) is 10.8 Å². The molecule has 0 spiro atoms. The number of aromatic nitrogens is 1. The molecule has 0 aliphatic rings. The molecule has 1 aromatic rings. The highest BCUT2D eigenvalue weighted by molar-refractivity contribution is 7.11. The van der Waals surface area contributed by atoms with Gasteiger partial charge in [0.1, 0.15) is 10.6 Å². The van der Waals surface area contributed by atoms with Crippen molar-refractivity contribution in [2.45, 2.75) is 19.3 Å². The first-order valence-electron chi connectivity index (χ1n) is 5.52. The quantitative estimate of drug-likeness (QED) is 0.538. The molecule has 0 aliphatic heterocycles. The van der Waals surface area contributed by atoms with Crippen LogP contribution in [0.1, 0.15) is 29.6 Å². The first kappa shape index (κ1) is 13.7. The number of nitrogens with two attached hydrogens (primary N) is 1. The molecule has 0 radical (unpaired) electrons. The maximum atomic E-state index is 11.6. The first-order chi connectivity index (χ1) is 8.20. The molecule has 0 unspecified atom stereocenters. The molecule has 1 rings (SSSR count). The maximum absolute atomic E-state index is 11.6. The van der Waals surface area contributed by atoms with Crippen molar-refractivity contribution in [1.29, 1.82) is 0 Å². The van der Waals surface area contributed by atoms with Gasteiger partial charge in [0.2, 0.25) is 0 Å². The van der Waals surface area contributed by atoms with E-state index in [9.17, 15) is 4.79 Å². The lowest BCUT2D eigenvalue weighted by Crippen LogP contribution is -2.20. The van der Waals surface area contributed by atoms with Crippen molar-refractivity contribution in [2.75, 3.05) is 31.2 Å². The van der Waals surface area contributed by atoms with Gasteiger partial charge in [0.05, 0.1) is 0 Å². The molecule has 7 heteroatoms. The summed E-state index contributed by atoms with van der Waals surface area (Å²) < 4.78 is 3.96. The molecule has 0 saturated carbocycles. The molecule has 6 nitrogen and oxygen atoms in total. The highest BCUT2D eigenvalue weighted by Crippen LogP contribution is 2.26. The fraction of sp³-hybridized carbons (Fsp3) is 0.600. The van der Waals surface area contributed by atoms with E-state index in [0.717, 1.165) is 25.8 Å². The number of nitrogens with zero attached hydrogens (tertiary/aromatic N) is 1. The van der Waals surface area contributed by atoms with Crippen LogP contribution in [-0.4, -0.2) is 35.6 Å². The predicted molar refractivity (Wildman–Crippen MR) is 69.3 cm³/mol. The number of hydrogen-bond donors (Lipinski definition) is 4. The zero-order valence-corrected chi connectivity index (χ0v) is 10.6. The zero-order chi connectivity index (χ0) is 12.7. The van der Waals surface area contributed by atoms with Crippen molar-refractivity contribution in [3.8, 4) is 0 Å². The summed E-state index contributed by atoms with van der Waals surface area (Å²) in [5, 5.41) is 15.0. The number of nitrogens with one attached hydrogen (secondary N) is 2. The number of carbonyl (C=O) groups excluding carboxylic acids is 1. The minimum Gasteiger partial charge on any atom is -0.396 e. The van der Waals surface area contributed by atoms with Crippen LogP contribution in [-0.2, 0) is 0 Å². The number of unbranched alkanes of at least 4 members (excludes halogenated alkanes) is 2. The normalized spacial score (nSPS) is 10.2. The Morgan fingerprint density at radius 1 is 1.47 bits per heavy atom. The molecule has 0 atom stereocenters. The molecule has 0 bridgehead atoms. The van der Waals surface area contributed by atoms with Gasteiger partial charge in [-0.2, -0.15) is 4.37 Å². The number of anilines is 2. The number of aliphatic hydroxyl groups excluding tert-OH is 1. The summed E-state index contributed by atoms with van der Waals surface area (Å²) in [7, 11) is 1.56. The van der Waals surface area contributed by atoms with Gasteiger partial charge in [-0.15, -0.1) is 0 Å². The number of hydrogen-bond acceptors (Lipinski definition) is 6. The van der Waals surface area contributed by atoms with E-state index in [0.29, 0.717) is 10.6 Å². The van der Waals surface area contributed by atoms with E-state index in [2.05, 4.69) is 15.0 Å². The highest BCUT2D eigenvalue weighted by Gasteiger charge is 2.17. The Labute approximate surface area is 104 Å². The van der Waals surface area contributed by atoms with Crippen LogP contribution in [0.3, 0.4) is 0 Å². The Bertz CT molecular complexity index is 367. The van der Waals surface area contributed by atoms with Crippen LogP contribution in [0.2, 0.25) is 0 Å². The minimum atomic E-state index is -0.228. The topological polar surface area (TPSA) is 100 Å². The van der Waals surface area contributed by atoms with Gasteiger partial charge in [-0.25, -0.2) is 0 Å². The van der Waals surface area contributed by atoms with E-state index in [1.807, 2.05) is 0 Å². The molecule has 0 aromatic carbocycles. The molecule has 1 heterocycles. The van der Waals surface area contributed by atoms with Gasteiger partial charge in [0.15, 0.2) is 5.82 Å². The lowest BCUT2D eigenvalue weighted by atomic mass is 10.2. The summed E-state index contributed by atoms with van der Waals surface area (Å²) in [6.07, 6.45) is 2.69. The predicted octanol–water partition coefficient (Wildman–Crippen LogP) is 0.659. The number of aliphatic hydroxyl groups is 1. The van der Waals surface area contributed by atoms with Crippen molar-refractivity contribution in [3.05, 3.63) is 5.56 Å². The molecule has 96 valence electrons. The average Bonchev–Trinajstić information content (AvgIpc) is 2.69. The van der Waals surface area contributed by atoms with Crippen LogP contribution in [0.25, 0.3) is 0 Å². The summed E-state index contributed by atoms with van der Waals surface area (Å²) >= 11 is 1.19. The van der Waals surface area contributed by atoms with Gasteiger partial charge in [-0.3, -0.25) is 4.79 Å². The second-order valence-corrected chi connectivity index (χ2v) is 4.34. The van der Waals surface area contributed by atoms with Gasteiger partial charge in [0, 0.05) is 20.2 Å². The van der Waals surface area contributed by atoms with Crippen LogP contribution in [0.15, 0.2) is 0 Å².